The zero-order chi connectivity index (χ0) is 20.6. The van der Waals surface area contributed by atoms with Crippen molar-refractivity contribution in [1.29, 1.82) is 0 Å². The predicted molar refractivity (Wildman–Crippen MR) is 108 cm³/mol. The van der Waals surface area contributed by atoms with E-state index >= 15 is 0 Å². The lowest BCUT2D eigenvalue weighted by Gasteiger charge is -2.37. The van der Waals surface area contributed by atoms with Gasteiger partial charge in [0.1, 0.15) is 5.69 Å². The first-order valence-corrected chi connectivity index (χ1v) is 9.74. The molecule has 0 aromatic carbocycles. The molecule has 1 aliphatic rings. The van der Waals surface area contributed by atoms with E-state index in [2.05, 4.69) is 10.1 Å². The highest BCUT2D eigenvalue weighted by atomic mass is 35.5. The second-order valence-corrected chi connectivity index (χ2v) is 8.58. The van der Waals surface area contributed by atoms with Crippen molar-refractivity contribution in [1.82, 2.24) is 24.6 Å². The van der Waals surface area contributed by atoms with E-state index in [0.717, 1.165) is 11.4 Å². The average Bonchev–Trinajstić information content (AvgIpc) is 2.98. The Morgan fingerprint density at radius 1 is 1.04 bits per heavy atom. The summed E-state index contributed by atoms with van der Waals surface area (Å²) in [5, 5.41) is 4.73. The molecule has 2 amide bonds. The van der Waals surface area contributed by atoms with Crippen molar-refractivity contribution in [2.75, 3.05) is 26.2 Å². The van der Waals surface area contributed by atoms with E-state index in [9.17, 15) is 9.59 Å². The molecule has 0 spiro atoms. The number of pyridine rings is 1. The Kier molecular flexibility index (Phi) is 5.48. The summed E-state index contributed by atoms with van der Waals surface area (Å²) < 4.78 is 1.70. The molecular formula is C20H26ClN5O2. The molecule has 8 heteroatoms. The van der Waals surface area contributed by atoms with Crippen LogP contribution < -0.4 is 0 Å². The number of rotatable bonds is 2. The van der Waals surface area contributed by atoms with Crippen molar-refractivity contribution in [3.63, 3.8) is 0 Å². The van der Waals surface area contributed by atoms with Crippen LogP contribution in [0.1, 0.15) is 42.6 Å². The molecule has 0 atom stereocenters. The average molecular weight is 404 g/mol. The van der Waals surface area contributed by atoms with E-state index in [0.29, 0.717) is 37.0 Å². The molecule has 1 aliphatic heterocycles. The molecule has 0 aliphatic carbocycles. The van der Waals surface area contributed by atoms with Crippen LogP contribution in [0.2, 0.25) is 5.02 Å². The van der Waals surface area contributed by atoms with E-state index in [1.807, 2.05) is 45.6 Å². The van der Waals surface area contributed by atoms with Crippen LogP contribution in [0.15, 0.2) is 18.2 Å². The van der Waals surface area contributed by atoms with E-state index in [1.54, 1.807) is 21.7 Å². The Morgan fingerprint density at radius 3 is 2.18 bits per heavy atom. The Balaban J connectivity index is 1.77. The smallest absolute Gasteiger partial charge is 0.274 e. The summed E-state index contributed by atoms with van der Waals surface area (Å²) in [6, 6.07) is 5.37. The van der Waals surface area contributed by atoms with Crippen LogP contribution >= 0.6 is 11.6 Å². The summed E-state index contributed by atoms with van der Waals surface area (Å²) in [6.07, 6.45) is 0. The first-order chi connectivity index (χ1) is 13.1. The molecule has 0 bridgehead atoms. The van der Waals surface area contributed by atoms with Gasteiger partial charge in [-0.3, -0.25) is 9.59 Å². The normalized spacial score (nSPS) is 15.1. The molecule has 2 aromatic rings. The van der Waals surface area contributed by atoms with Gasteiger partial charge in [-0.1, -0.05) is 32.4 Å². The highest BCUT2D eigenvalue weighted by Crippen LogP contribution is 2.22. The third kappa shape index (κ3) is 4.04. The largest absolute Gasteiger partial charge is 0.339 e. The molecule has 0 unspecified atom stereocenters. The van der Waals surface area contributed by atoms with Gasteiger partial charge in [-0.05, 0) is 32.0 Å². The molecule has 3 heterocycles. The highest BCUT2D eigenvalue weighted by molar-refractivity contribution is 6.33. The Labute approximate surface area is 170 Å². The fraction of sp³-hybridized carbons (Fsp3) is 0.500. The minimum absolute atomic E-state index is 0.0993. The van der Waals surface area contributed by atoms with Gasteiger partial charge in [0.2, 0.25) is 5.91 Å². The molecule has 1 saturated heterocycles. The van der Waals surface area contributed by atoms with Crippen LogP contribution in [-0.4, -0.2) is 62.6 Å². The monoisotopic (exact) mass is 403 g/mol. The molecule has 28 heavy (non-hydrogen) atoms. The third-order valence-corrected chi connectivity index (χ3v) is 5.06. The van der Waals surface area contributed by atoms with Crippen molar-refractivity contribution in [2.24, 2.45) is 5.41 Å². The number of carbonyl (C=O) groups is 2. The Hall–Kier alpha value is -2.41. The zero-order valence-electron chi connectivity index (χ0n) is 17.0. The summed E-state index contributed by atoms with van der Waals surface area (Å²) in [5.41, 5.74) is 1.59. The van der Waals surface area contributed by atoms with Gasteiger partial charge in [-0.15, -0.1) is 0 Å². The van der Waals surface area contributed by atoms with Gasteiger partial charge >= 0.3 is 0 Å². The van der Waals surface area contributed by atoms with E-state index in [1.165, 1.54) is 0 Å². The van der Waals surface area contributed by atoms with Crippen LogP contribution in [-0.2, 0) is 4.79 Å². The van der Waals surface area contributed by atoms with Gasteiger partial charge in [0.25, 0.3) is 5.91 Å². The van der Waals surface area contributed by atoms with Gasteiger partial charge in [0, 0.05) is 37.3 Å². The summed E-state index contributed by atoms with van der Waals surface area (Å²) in [5.74, 6) is 0.429. The fourth-order valence-corrected chi connectivity index (χ4v) is 3.48. The summed E-state index contributed by atoms with van der Waals surface area (Å²) in [4.78, 5) is 33.4. The molecule has 2 aromatic heterocycles. The highest BCUT2D eigenvalue weighted by Gasteiger charge is 2.32. The van der Waals surface area contributed by atoms with Crippen molar-refractivity contribution in [3.8, 4) is 5.82 Å². The van der Waals surface area contributed by atoms with Crippen LogP contribution in [0.25, 0.3) is 5.82 Å². The fourth-order valence-electron chi connectivity index (χ4n) is 3.30. The van der Waals surface area contributed by atoms with Gasteiger partial charge in [-0.25, -0.2) is 9.67 Å². The standard InChI is InChI=1S/C20H26ClN5O2/c1-13-12-14(2)26(23-13)16-7-6-15(21)17(22-16)18(27)24-8-10-25(11-9-24)19(28)20(3,4)5/h6-7,12H,8-11H2,1-5H3. The molecule has 1 fully saturated rings. The number of hydrogen-bond donors (Lipinski definition) is 0. The lowest BCUT2D eigenvalue weighted by molar-refractivity contribution is -0.140. The summed E-state index contributed by atoms with van der Waals surface area (Å²) in [7, 11) is 0. The van der Waals surface area contributed by atoms with Crippen LogP contribution in [0, 0.1) is 19.3 Å². The first kappa shape index (κ1) is 20.3. The Bertz CT molecular complexity index is 908. The van der Waals surface area contributed by atoms with Gasteiger partial charge < -0.3 is 9.80 Å². The molecule has 150 valence electrons. The molecule has 7 nitrogen and oxygen atoms in total. The number of carbonyl (C=O) groups excluding carboxylic acids is 2. The first-order valence-electron chi connectivity index (χ1n) is 9.37. The van der Waals surface area contributed by atoms with Crippen molar-refractivity contribution >= 4 is 23.4 Å². The predicted octanol–water partition coefficient (Wildman–Crippen LogP) is 2.87. The van der Waals surface area contributed by atoms with Crippen LogP contribution in [0.3, 0.4) is 0 Å². The van der Waals surface area contributed by atoms with E-state index in [-0.39, 0.29) is 17.5 Å². The second kappa shape index (κ2) is 7.54. The summed E-state index contributed by atoms with van der Waals surface area (Å²) in [6.45, 7) is 11.5. The van der Waals surface area contributed by atoms with E-state index < -0.39 is 5.41 Å². The number of piperazine rings is 1. The van der Waals surface area contributed by atoms with Gasteiger partial charge in [-0.2, -0.15) is 5.10 Å². The molecular weight excluding hydrogens is 378 g/mol. The summed E-state index contributed by atoms with van der Waals surface area (Å²) >= 11 is 6.28. The Morgan fingerprint density at radius 2 is 1.64 bits per heavy atom. The maximum Gasteiger partial charge on any atom is 0.274 e. The van der Waals surface area contributed by atoms with Crippen molar-refractivity contribution < 1.29 is 9.59 Å². The minimum Gasteiger partial charge on any atom is -0.339 e. The third-order valence-electron chi connectivity index (χ3n) is 4.76. The maximum absolute atomic E-state index is 13.0. The lowest BCUT2D eigenvalue weighted by atomic mass is 9.94. The second-order valence-electron chi connectivity index (χ2n) is 8.17. The SMILES string of the molecule is Cc1cc(C)n(-c2ccc(Cl)c(C(=O)N3CCN(C(=O)C(C)(C)C)CC3)n2)n1. The molecule has 0 saturated carbocycles. The van der Waals surface area contributed by atoms with Crippen LogP contribution in [0.5, 0.6) is 0 Å². The number of aromatic nitrogens is 3. The molecule has 3 rings (SSSR count). The number of hydrogen-bond acceptors (Lipinski definition) is 4. The minimum atomic E-state index is -0.425. The number of nitrogens with zero attached hydrogens (tertiary/aromatic N) is 5. The van der Waals surface area contributed by atoms with Gasteiger partial charge in [0.05, 0.1) is 10.7 Å². The van der Waals surface area contributed by atoms with Crippen molar-refractivity contribution in [2.45, 2.75) is 34.6 Å². The van der Waals surface area contributed by atoms with E-state index in [4.69, 9.17) is 11.6 Å². The topological polar surface area (TPSA) is 71.3 Å². The number of aryl methyl sites for hydroxylation is 2. The van der Waals surface area contributed by atoms with Crippen molar-refractivity contribution in [3.05, 3.63) is 40.3 Å². The van der Waals surface area contributed by atoms with Crippen LogP contribution in [0.4, 0.5) is 0 Å². The quantitative estimate of drug-likeness (QED) is 0.773. The number of amides is 2. The van der Waals surface area contributed by atoms with Gasteiger partial charge in [0.15, 0.2) is 5.82 Å². The molecule has 0 N–H and O–H groups in total. The maximum atomic E-state index is 13.0. The zero-order valence-corrected chi connectivity index (χ0v) is 17.7. The number of halogens is 1. The molecule has 0 radical (unpaired) electrons. The lowest BCUT2D eigenvalue weighted by Crippen LogP contribution is -2.53.